The largest absolute Gasteiger partial charge is 0.416 e. The van der Waals surface area contributed by atoms with Gasteiger partial charge in [0.1, 0.15) is 0 Å². The second-order valence-corrected chi connectivity index (χ2v) is 2.69. The Morgan fingerprint density at radius 3 is 2.07 bits per heavy atom. The molecule has 1 heterocycles. The molecule has 1 rings (SSSR count). The minimum Gasteiger partial charge on any atom is -0.322 e. The van der Waals surface area contributed by atoms with Crippen LogP contribution in [-0.2, 0) is 0 Å². The first-order chi connectivity index (χ1) is 6.62. The average Bonchev–Trinajstić information content (AvgIpc) is 2.00. The first kappa shape index (κ1) is 11.7. The van der Waals surface area contributed by atoms with E-state index in [1.165, 1.54) is 5.32 Å². The Morgan fingerprint density at radius 1 is 1.13 bits per heavy atom. The summed E-state index contributed by atoms with van der Waals surface area (Å²) in [4.78, 5) is 10.5. The van der Waals surface area contributed by atoms with Crippen LogP contribution in [-0.4, -0.2) is 24.4 Å². The fourth-order valence-corrected chi connectivity index (χ4v) is 0.981. The van der Waals surface area contributed by atoms with Gasteiger partial charge in [0.15, 0.2) is 6.04 Å². The van der Waals surface area contributed by atoms with Crippen LogP contribution in [0.4, 0.5) is 31.1 Å². The monoisotopic (exact) mass is 234 g/mol. The second kappa shape index (κ2) is 3.31. The summed E-state index contributed by atoms with van der Waals surface area (Å²) in [6, 6.07) is -4.35. The molecular formula is C6H4F6N2O. The van der Waals surface area contributed by atoms with E-state index >= 15 is 0 Å². The van der Waals surface area contributed by atoms with Crippen molar-refractivity contribution in [1.29, 1.82) is 0 Å². The molecule has 0 spiro atoms. The maximum atomic E-state index is 12.1. The molecule has 0 saturated heterocycles. The molecule has 3 nitrogen and oxygen atoms in total. The van der Waals surface area contributed by atoms with Crippen molar-refractivity contribution >= 4 is 6.03 Å². The summed E-state index contributed by atoms with van der Waals surface area (Å²) in [5, 5.41) is 2.66. The average molecular weight is 234 g/mol. The summed E-state index contributed by atoms with van der Waals surface area (Å²) in [6.45, 7) is 0. The van der Waals surface area contributed by atoms with Crippen molar-refractivity contribution in [2.45, 2.75) is 18.4 Å². The van der Waals surface area contributed by atoms with Crippen molar-refractivity contribution in [2.24, 2.45) is 0 Å². The van der Waals surface area contributed by atoms with Crippen molar-refractivity contribution < 1.29 is 31.1 Å². The van der Waals surface area contributed by atoms with Gasteiger partial charge >= 0.3 is 18.4 Å². The highest BCUT2D eigenvalue weighted by Gasteiger charge is 2.53. The van der Waals surface area contributed by atoms with Crippen LogP contribution >= 0.6 is 0 Å². The summed E-state index contributed by atoms with van der Waals surface area (Å²) in [7, 11) is 0. The van der Waals surface area contributed by atoms with Gasteiger partial charge in [0.2, 0.25) is 0 Å². The molecule has 0 saturated carbocycles. The Balaban J connectivity index is 3.06. The summed E-state index contributed by atoms with van der Waals surface area (Å²) in [6.07, 6.45) is -10.3. The summed E-state index contributed by atoms with van der Waals surface area (Å²) >= 11 is 0. The van der Waals surface area contributed by atoms with Crippen molar-refractivity contribution in [1.82, 2.24) is 10.6 Å². The molecule has 0 aliphatic carbocycles. The Hall–Kier alpha value is -1.41. The lowest BCUT2D eigenvalue weighted by Gasteiger charge is -2.28. The highest BCUT2D eigenvalue weighted by Crippen LogP contribution is 2.36. The van der Waals surface area contributed by atoms with Crippen molar-refractivity contribution in [3.63, 3.8) is 0 Å². The lowest BCUT2D eigenvalue weighted by molar-refractivity contribution is -0.168. The van der Waals surface area contributed by atoms with Crippen LogP contribution in [0.15, 0.2) is 11.8 Å². The topological polar surface area (TPSA) is 41.1 Å². The molecule has 2 N–H and O–H groups in total. The summed E-state index contributed by atoms with van der Waals surface area (Å²) in [5.74, 6) is 0. The molecule has 0 bridgehead atoms. The zero-order valence-corrected chi connectivity index (χ0v) is 6.83. The molecule has 1 aliphatic rings. The van der Waals surface area contributed by atoms with Gasteiger partial charge in [-0.1, -0.05) is 0 Å². The van der Waals surface area contributed by atoms with E-state index in [1.807, 2.05) is 0 Å². The van der Waals surface area contributed by atoms with Gasteiger partial charge in [0.05, 0.1) is 5.57 Å². The predicted octanol–water partition coefficient (Wildman–Crippen LogP) is 1.68. The number of halogens is 6. The van der Waals surface area contributed by atoms with Crippen molar-refractivity contribution in [3.8, 4) is 0 Å². The Labute approximate surface area is 79.1 Å². The van der Waals surface area contributed by atoms with E-state index in [9.17, 15) is 31.1 Å². The number of hydrogen-bond acceptors (Lipinski definition) is 1. The van der Waals surface area contributed by atoms with Crippen molar-refractivity contribution in [2.75, 3.05) is 0 Å². The van der Waals surface area contributed by atoms with Gasteiger partial charge in [0.25, 0.3) is 0 Å². The maximum absolute atomic E-state index is 12.1. The fraction of sp³-hybridized carbons (Fsp3) is 0.500. The molecule has 0 radical (unpaired) electrons. The zero-order valence-electron chi connectivity index (χ0n) is 6.83. The summed E-state index contributed by atoms with van der Waals surface area (Å²) < 4.78 is 72.6. The van der Waals surface area contributed by atoms with Crippen molar-refractivity contribution in [3.05, 3.63) is 11.8 Å². The fourth-order valence-electron chi connectivity index (χ4n) is 0.981. The van der Waals surface area contributed by atoms with Gasteiger partial charge in [-0.15, -0.1) is 0 Å². The number of rotatable bonds is 0. The third-order valence-corrected chi connectivity index (χ3v) is 1.60. The lowest BCUT2D eigenvalue weighted by Crippen LogP contribution is -2.55. The third kappa shape index (κ3) is 2.54. The van der Waals surface area contributed by atoms with Crippen LogP contribution in [0.3, 0.4) is 0 Å². The Kier molecular flexibility index (Phi) is 2.58. The van der Waals surface area contributed by atoms with E-state index in [0.717, 1.165) is 5.32 Å². The highest BCUT2D eigenvalue weighted by atomic mass is 19.4. The van der Waals surface area contributed by atoms with E-state index in [1.54, 1.807) is 0 Å². The molecule has 0 aromatic rings. The van der Waals surface area contributed by atoms with Gasteiger partial charge < -0.3 is 10.6 Å². The highest BCUT2D eigenvalue weighted by molar-refractivity contribution is 5.77. The Bertz CT molecular complexity index is 304. The second-order valence-electron chi connectivity index (χ2n) is 2.69. The number of nitrogens with one attached hydrogen (secondary N) is 2. The third-order valence-electron chi connectivity index (χ3n) is 1.60. The molecule has 0 aromatic carbocycles. The number of hydrogen-bond donors (Lipinski definition) is 2. The minimum atomic E-state index is -5.18. The molecular weight excluding hydrogens is 230 g/mol. The van der Waals surface area contributed by atoms with Gasteiger partial charge in [-0.05, 0) is 0 Å². The van der Waals surface area contributed by atoms with Crippen LogP contribution in [0.5, 0.6) is 0 Å². The minimum absolute atomic E-state index is 0.0109. The predicted molar refractivity (Wildman–Crippen MR) is 35.6 cm³/mol. The molecule has 0 fully saturated rings. The zero-order chi connectivity index (χ0) is 11.9. The number of amides is 2. The first-order valence-electron chi connectivity index (χ1n) is 3.53. The van der Waals surface area contributed by atoms with E-state index in [0.29, 0.717) is 0 Å². The summed E-state index contributed by atoms with van der Waals surface area (Å²) in [5.41, 5.74) is -1.88. The molecule has 1 unspecified atom stereocenters. The van der Waals surface area contributed by atoms with Gasteiger partial charge in [-0.2, -0.15) is 26.3 Å². The van der Waals surface area contributed by atoms with E-state index in [2.05, 4.69) is 0 Å². The Morgan fingerprint density at radius 2 is 1.67 bits per heavy atom. The van der Waals surface area contributed by atoms with Crippen LogP contribution in [0, 0.1) is 0 Å². The SMILES string of the molecule is O=C1NC=C(C(F)(F)F)C(C(F)(F)F)N1. The molecule has 15 heavy (non-hydrogen) atoms. The molecule has 1 aliphatic heterocycles. The van der Waals surface area contributed by atoms with Gasteiger partial charge in [-0.25, -0.2) is 4.79 Å². The number of carbonyl (C=O) groups excluding carboxylic acids is 1. The molecule has 9 heteroatoms. The number of alkyl halides is 6. The van der Waals surface area contributed by atoms with Crippen LogP contribution in [0.2, 0.25) is 0 Å². The van der Waals surface area contributed by atoms with Gasteiger partial charge in [-0.3, -0.25) is 0 Å². The standard InChI is InChI=1S/C6H4F6N2O/c7-5(8,9)2-1-13-4(15)14-3(2)6(10,11)12/h1,3H,(H2,13,14,15). The van der Waals surface area contributed by atoms with Crippen LogP contribution in [0.25, 0.3) is 0 Å². The molecule has 2 amide bonds. The quantitative estimate of drug-likeness (QED) is 0.615. The van der Waals surface area contributed by atoms with Crippen LogP contribution in [0.1, 0.15) is 0 Å². The maximum Gasteiger partial charge on any atom is 0.416 e. The smallest absolute Gasteiger partial charge is 0.322 e. The van der Waals surface area contributed by atoms with E-state index in [-0.39, 0.29) is 6.20 Å². The lowest BCUT2D eigenvalue weighted by atomic mass is 10.1. The van der Waals surface area contributed by atoms with Gasteiger partial charge in [0, 0.05) is 6.20 Å². The van der Waals surface area contributed by atoms with E-state index < -0.39 is 30.0 Å². The molecule has 0 aromatic heterocycles. The first-order valence-corrected chi connectivity index (χ1v) is 3.53. The normalized spacial score (nSPS) is 22.9. The number of carbonyl (C=O) groups is 1. The van der Waals surface area contributed by atoms with E-state index in [4.69, 9.17) is 0 Å². The van der Waals surface area contributed by atoms with Crippen LogP contribution < -0.4 is 10.6 Å². The number of urea groups is 1. The molecule has 1 atom stereocenters. The molecule has 86 valence electrons.